The Balaban J connectivity index is 4.17. The third kappa shape index (κ3) is 38.4. The van der Waals surface area contributed by atoms with E-state index < -0.39 is 39.2 Å². The summed E-state index contributed by atoms with van der Waals surface area (Å²) < 4.78 is 33.3. The summed E-state index contributed by atoms with van der Waals surface area (Å²) in [6.45, 7) is 3.38. The zero-order valence-electron chi connectivity index (χ0n) is 33.3. The molecule has 0 aliphatic carbocycles. The first-order valence-corrected chi connectivity index (χ1v) is 22.5. The molecule has 0 spiro atoms. The largest absolute Gasteiger partial charge is 0.472 e. The van der Waals surface area contributed by atoms with E-state index in [4.69, 9.17) is 23.6 Å². The molecule has 52 heavy (non-hydrogen) atoms. The van der Waals surface area contributed by atoms with Gasteiger partial charge in [-0.15, -0.1) is 0 Å². The molecule has 0 radical (unpaired) electrons. The second-order valence-corrected chi connectivity index (χ2v) is 15.4. The summed E-state index contributed by atoms with van der Waals surface area (Å²) in [5, 5.41) is 18.3. The smallest absolute Gasteiger partial charge is 0.457 e. The van der Waals surface area contributed by atoms with Gasteiger partial charge in [0.25, 0.3) is 0 Å². The van der Waals surface area contributed by atoms with Crippen LogP contribution in [0, 0.1) is 0 Å². The van der Waals surface area contributed by atoms with Crippen LogP contribution in [0.4, 0.5) is 0 Å². The monoisotopic (exact) mass is 759 g/mol. The molecule has 0 saturated heterocycles. The van der Waals surface area contributed by atoms with Crippen LogP contribution >= 0.6 is 7.82 Å². The lowest BCUT2D eigenvalue weighted by Crippen LogP contribution is -2.29. The van der Waals surface area contributed by atoms with Crippen LogP contribution in [-0.4, -0.2) is 66.3 Å². The topological polar surface area (TPSA) is 132 Å². The third-order valence-corrected chi connectivity index (χ3v) is 9.79. The van der Waals surface area contributed by atoms with Crippen LogP contribution in [0.25, 0.3) is 0 Å². The third-order valence-electron chi connectivity index (χ3n) is 8.84. The van der Waals surface area contributed by atoms with Gasteiger partial charge < -0.3 is 24.6 Å². The Morgan fingerprint density at radius 3 is 1.63 bits per heavy atom. The van der Waals surface area contributed by atoms with Crippen molar-refractivity contribution in [1.29, 1.82) is 0 Å². The van der Waals surface area contributed by atoms with Crippen molar-refractivity contribution in [2.24, 2.45) is 0 Å². The van der Waals surface area contributed by atoms with E-state index in [9.17, 15) is 19.4 Å². The van der Waals surface area contributed by atoms with Gasteiger partial charge in [0.2, 0.25) is 0 Å². The van der Waals surface area contributed by atoms with Crippen molar-refractivity contribution in [3.63, 3.8) is 0 Å². The number of hydrogen-bond acceptors (Lipinski definition) is 8. The average molecular weight is 759 g/mol. The molecule has 0 aromatic rings. The molecule has 0 aromatic heterocycles. The number of ether oxygens (including phenoxy) is 2. The number of unbranched alkanes of at least 4 members (excludes halogenated alkanes) is 20. The van der Waals surface area contributed by atoms with Crippen molar-refractivity contribution < 1.29 is 43.0 Å². The fourth-order valence-corrected chi connectivity index (χ4v) is 6.45. The molecule has 0 saturated carbocycles. The highest BCUT2D eigenvalue weighted by atomic mass is 31.2. The molecule has 0 heterocycles. The Morgan fingerprint density at radius 1 is 0.615 bits per heavy atom. The zero-order chi connectivity index (χ0) is 38.2. The molecule has 0 aliphatic heterocycles. The first-order chi connectivity index (χ1) is 25.3. The lowest BCUT2D eigenvalue weighted by atomic mass is 10.0. The van der Waals surface area contributed by atoms with Crippen molar-refractivity contribution in [3.05, 3.63) is 36.5 Å². The van der Waals surface area contributed by atoms with Gasteiger partial charge in [0, 0.05) is 13.0 Å². The minimum absolute atomic E-state index is 0.0398. The molecule has 3 N–H and O–H groups in total. The number of phosphoric ester groups is 1. The lowest BCUT2D eigenvalue weighted by Gasteiger charge is -2.20. The highest BCUT2D eigenvalue weighted by Gasteiger charge is 2.26. The van der Waals surface area contributed by atoms with E-state index in [0.29, 0.717) is 13.0 Å². The molecule has 10 heteroatoms. The summed E-state index contributed by atoms with van der Waals surface area (Å²) >= 11 is 0. The summed E-state index contributed by atoms with van der Waals surface area (Å²) in [5.41, 5.74) is 0. The van der Waals surface area contributed by atoms with Gasteiger partial charge in [-0.3, -0.25) is 13.8 Å². The van der Waals surface area contributed by atoms with Crippen molar-refractivity contribution in [2.75, 3.05) is 33.0 Å². The molecular formula is C42H79O9P. The molecule has 3 unspecified atom stereocenters. The Labute approximate surface area is 318 Å². The number of phosphoric acid groups is 1. The summed E-state index contributed by atoms with van der Waals surface area (Å²) in [7, 11) is -4.52. The molecule has 9 nitrogen and oxygen atoms in total. The lowest BCUT2D eigenvalue weighted by molar-refractivity contribution is -0.154. The van der Waals surface area contributed by atoms with Gasteiger partial charge in [0.05, 0.1) is 26.4 Å². The van der Waals surface area contributed by atoms with Crippen LogP contribution in [-0.2, 0) is 27.9 Å². The van der Waals surface area contributed by atoms with E-state index in [-0.39, 0.29) is 19.6 Å². The summed E-state index contributed by atoms with van der Waals surface area (Å²) in [6.07, 6.45) is 41.1. The first kappa shape index (κ1) is 50.7. The number of carbonyl (C=O) groups excluding carboxylic acids is 1. The van der Waals surface area contributed by atoms with E-state index in [1.54, 1.807) is 0 Å². The number of aliphatic hydroxyl groups excluding tert-OH is 2. The standard InChI is InChI=1S/C42H79O9P/c1-3-5-7-9-11-13-15-17-18-19-20-21-23-25-27-29-31-33-35-48-38-41(39-50-52(46,47)49-37-40(44)36-43)51-42(45)34-32-30-28-26-24-22-16-14-12-10-8-6-4-2/h6,8,12,14,22,24,40-41,43-44H,3-5,7,9-11,13,15-21,23,25-39H2,1-2H3,(H,46,47)/b8-6-,14-12-,24-22-. The molecule has 3 atom stereocenters. The van der Waals surface area contributed by atoms with Crippen molar-refractivity contribution in [3.8, 4) is 0 Å². The van der Waals surface area contributed by atoms with Crippen molar-refractivity contribution in [1.82, 2.24) is 0 Å². The van der Waals surface area contributed by atoms with E-state index in [1.807, 2.05) is 0 Å². The van der Waals surface area contributed by atoms with Gasteiger partial charge in [0.15, 0.2) is 0 Å². The molecule has 0 amide bonds. The Morgan fingerprint density at radius 2 is 1.10 bits per heavy atom. The first-order valence-electron chi connectivity index (χ1n) is 21.0. The minimum atomic E-state index is -4.52. The summed E-state index contributed by atoms with van der Waals surface area (Å²) in [5.74, 6) is -0.410. The fourth-order valence-electron chi connectivity index (χ4n) is 5.66. The maximum absolute atomic E-state index is 12.6. The molecule has 0 aliphatic rings. The van der Waals surface area contributed by atoms with Crippen LogP contribution in [0.3, 0.4) is 0 Å². The SMILES string of the molecule is CC/C=C\C/C=C\C/C=C\CCCCCC(=O)OC(COCCCCCCCCCCCCCCCCCCCC)COP(=O)(O)OCC(O)CO. The van der Waals surface area contributed by atoms with Gasteiger partial charge in [-0.2, -0.15) is 0 Å². The Kier molecular flexibility index (Phi) is 38.4. The maximum atomic E-state index is 12.6. The maximum Gasteiger partial charge on any atom is 0.472 e. The number of aliphatic hydroxyl groups is 2. The van der Waals surface area contributed by atoms with Crippen LogP contribution in [0.5, 0.6) is 0 Å². The molecule has 0 bridgehead atoms. The Hall–Kier alpha value is -1.32. The predicted octanol–water partition coefficient (Wildman–Crippen LogP) is 11.3. The summed E-state index contributed by atoms with van der Waals surface area (Å²) in [6, 6.07) is 0. The van der Waals surface area contributed by atoms with E-state index >= 15 is 0 Å². The Bertz CT molecular complexity index is 908. The molecule has 0 rings (SSSR count). The predicted molar refractivity (Wildman–Crippen MR) is 214 cm³/mol. The van der Waals surface area contributed by atoms with Crippen LogP contribution < -0.4 is 0 Å². The normalized spacial score (nSPS) is 14.5. The van der Waals surface area contributed by atoms with Crippen LogP contribution in [0.1, 0.15) is 181 Å². The number of rotatable bonds is 40. The van der Waals surface area contributed by atoms with E-state index in [1.165, 1.54) is 96.3 Å². The van der Waals surface area contributed by atoms with Gasteiger partial charge >= 0.3 is 13.8 Å². The highest BCUT2D eigenvalue weighted by Crippen LogP contribution is 2.43. The van der Waals surface area contributed by atoms with Gasteiger partial charge in [-0.1, -0.05) is 166 Å². The average Bonchev–Trinajstić information content (AvgIpc) is 3.13. The zero-order valence-corrected chi connectivity index (χ0v) is 34.2. The minimum Gasteiger partial charge on any atom is -0.457 e. The second-order valence-electron chi connectivity index (χ2n) is 14.0. The van der Waals surface area contributed by atoms with Gasteiger partial charge in [0.1, 0.15) is 12.2 Å². The van der Waals surface area contributed by atoms with Crippen LogP contribution in [0.15, 0.2) is 36.5 Å². The van der Waals surface area contributed by atoms with Gasteiger partial charge in [-0.05, 0) is 44.9 Å². The fraction of sp³-hybridized carbons (Fsp3) is 0.833. The van der Waals surface area contributed by atoms with E-state index in [0.717, 1.165) is 57.8 Å². The second kappa shape index (κ2) is 39.4. The number of carbonyl (C=O) groups is 1. The summed E-state index contributed by atoms with van der Waals surface area (Å²) in [4.78, 5) is 22.5. The number of hydrogen-bond donors (Lipinski definition) is 3. The van der Waals surface area contributed by atoms with Crippen molar-refractivity contribution >= 4 is 13.8 Å². The molecule has 0 aromatic carbocycles. The van der Waals surface area contributed by atoms with Gasteiger partial charge in [-0.25, -0.2) is 4.57 Å². The highest BCUT2D eigenvalue weighted by molar-refractivity contribution is 7.47. The quantitative estimate of drug-likeness (QED) is 0.0242. The molecule has 0 fully saturated rings. The van der Waals surface area contributed by atoms with Crippen molar-refractivity contribution in [2.45, 2.75) is 193 Å². The van der Waals surface area contributed by atoms with Crippen LogP contribution in [0.2, 0.25) is 0 Å². The van der Waals surface area contributed by atoms with E-state index in [2.05, 4.69) is 50.3 Å². The molecule has 306 valence electrons. The molecular weight excluding hydrogens is 679 g/mol. The number of allylic oxidation sites excluding steroid dienone is 6. The number of esters is 1.